The quantitative estimate of drug-likeness (QED) is 0.393. The molecule has 0 amide bonds. The van der Waals surface area contributed by atoms with E-state index in [1.807, 2.05) is 0 Å². The van der Waals surface area contributed by atoms with Gasteiger partial charge in [0.1, 0.15) is 23.8 Å². The number of nitrogens with zero attached hydrogens (tertiary/aromatic N) is 2. The van der Waals surface area contributed by atoms with Crippen LogP contribution in [0.2, 0.25) is 0 Å². The Morgan fingerprint density at radius 2 is 1.21 bits per heavy atom. The van der Waals surface area contributed by atoms with Crippen molar-refractivity contribution in [2.75, 3.05) is 0 Å². The summed E-state index contributed by atoms with van der Waals surface area (Å²) in [5.74, 6) is 2.00. The van der Waals surface area contributed by atoms with Crippen LogP contribution in [0.3, 0.4) is 0 Å². The number of hydrogen-bond acceptors (Lipinski definition) is 0. The molecule has 154 valence electrons. The van der Waals surface area contributed by atoms with E-state index in [4.69, 9.17) is 0 Å². The third kappa shape index (κ3) is 4.17. The van der Waals surface area contributed by atoms with E-state index in [2.05, 4.69) is 120 Å². The lowest BCUT2D eigenvalue weighted by molar-refractivity contribution is -0.595. The molecule has 0 bridgehead atoms. The molecule has 0 saturated heterocycles. The van der Waals surface area contributed by atoms with Crippen molar-refractivity contribution in [1.82, 2.24) is 4.57 Å². The maximum Gasteiger partial charge on any atom is 0.254 e. The summed E-state index contributed by atoms with van der Waals surface area (Å²) >= 11 is 0. The van der Waals surface area contributed by atoms with E-state index in [1.54, 1.807) is 0 Å². The number of benzene rings is 2. The molecule has 0 radical (unpaired) electrons. The summed E-state index contributed by atoms with van der Waals surface area (Å²) in [6.07, 6.45) is 6.62. The van der Waals surface area contributed by atoms with Crippen LogP contribution in [0.15, 0.2) is 55.1 Å². The summed E-state index contributed by atoms with van der Waals surface area (Å²) in [4.78, 5) is 0. The fourth-order valence-corrected chi connectivity index (χ4v) is 4.50. The molecule has 0 saturated carbocycles. The van der Waals surface area contributed by atoms with Crippen molar-refractivity contribution in [1.29, 1.82) is 0 Å². The second-order valence-electron chi connectivity index (χ2n) is 9.41. The molecule has 0 atom stereocenters. The molecule has 1 heterocycles. The highest BCUT2D eigenvalue weighted by Gasteiger charge is 2.22. The van der Waals surface area contributed by atoms with Gasteiger partial charge in [-0.3, -0.25) is 0 Å². The van der Waals surface area contributed by atoms with Gasteiger partial charge in [-0.1, -0.05) is 79.7 Å². The van der Waals surface area contributed by atoms with Crippen LogP contribution >= 0.6 is 0 Å². The largest absolute Gasteiger partial charge is 0.254 e. The average Bonchev–Trinajstić information content (AvgIpc) is 3.16. The molecule has 0 fully saturated rings. The minimum Gasteiger partial charge on any atom is -0.202 e. The Hall–Kier alpha value is -2.35. The van der Waals surface area contributed by atoms with Gasteiger partial charge in [0.15, 0.2) is 0 Å². The summed E-state index contributed by atoms with van der Waals surface area (Å²) in [7, 11) is 0. The molecule has 1 aromatic heterocycles. The van der Waals surface area contributed by atoms with E-state index < -0.39 is 0 Å². The van der Waals surface area contributed by atoms with Crippen LogP contribution in [0.25, 0.3) is 11.4 Å². The fourth-order valence-electron chi connectivity index (χ4n) is 4.50. The summed E-state index contributed by atoms with van der Waals surface area (Å²) in [5, 5.41) is 0. The highest BCUT2D eigenvalue weighted by Crippen LogP contribution is 2.32. The Bertz CT molecular complexity index is 896. The van der Waals surface area contributed by atoms with Crippen molar-refractivity contribution in [3.05, 3.63) is 77.4 Å². The van der Waals surface area contributed by atoms with Crippen LogP contribution in [-0.2, 0) is 0 Å². The number of rotatable bonds is 6. The average molecular weight is 390 g/mol. The van der Waals surface area contributed by atoms with Crippen LogP contribution in [-0.4, -0.2) is 4.57 Å². The standard InChI is InChI=1S/C27H37N2/c1-18(2)22-11-9-13-24(26(22)20(5)6)28-15-16-29(17-28)25-14-10-12-23(19(3)4)27(25)21(7)8/h9-21H,1-8H3/q+1. The highest BCUT2D eigenvalue weighted by atomic mass is 15.1. The van der Waals surface area contributed by atoms with Crippen molar-refractivity contribution >= 4 is 0 Å². The van der Waals surface area contributed by atoms with Crippen LogP contribution < -0.4 is 4.57 Å². The topological polar surface area (TPSA) is 8.81 Å². The molecule has 0 aliphatic rings. The molecule has 0 N–H and O–H groups in total. The maximum absolute atomic E-state index is 2.30. The van der Waals surface area contributed by atoms with Gasteiger partial charge in [0, 0.05) is 11.1 Å². The zero-order valence-corrected chi connectivity index (χ0v) is 19.4. The van der Waals surface area contributed by atoms with E-state index in [1.165, 1.54) is 33.6 Å². The van der Waals surface area contributed by atoms with Gasteiger partial charge in [0.25, 0.3) is 6.33 Å². The predicted octanol–water partition coefficient (Wildman–Crippen LogP) is 7.25. The van der Waals surface area contributed by atoms with Crippen LogP contribution in [0, 0.1) is 0 Å². The minimum absolute atomic E-state index is 0.481. The first-order valence-electron chi connectivity index (χ1n) is 11.1. The van der Waals surface area contributed by atoms with Crippen LogP contribution in [0.4, 0.5) is 0 Å². The Labute approximate surface area is 177 Å². The van der Waals surface area contributed by atoms with E-state index >= 15 is 0 Å². The van der Waals surface area contributed by atoms with Crippen LogP contribution in [0.1, 0.15) is 101 Å². The van der Waals surface area contributed by atoms with Crippen molar-refractivity contribution in [3.63, 3.8) is 0 Å². The zero-order chi connectivity index (χ0) is 21.3. The van der Waals surface area contributed by atoms with E-state index in [9.17, 15) is 0 Å². The molecule has 2 aromatic carbocycles. The van der Waals surface area contributed by atoms with Gasteiger partial charge < -0.3 is 0 Å². The third-order valence-electron chi connectivity index (χ3n) is 5.83. The lowest BCUT2D eigenvalue weighted by Gasteiger charge is -2.18. The van der Waals surface area contributed by atoms with Crippen molar-refractivity contribution in [2.24, 2.45) is 0 Å². The first-order chi connectivity index (χ1) is 13.7. The summed E-state index contributed by atoms with van der Waals surface area (Å²) in [6, 6.07) is 13.5. The fraction of sp³-hybridized carbons (Fsp3) is 0.444. The zero-order valence-electron chi connectivity index (χ0n) is 19.4. The summed E-state index contributed by atoms with van der Waals surface area (Å²) in [6.45, 7) is 18.3. The molecule has 0 aliphatic carbocycles. The Kier molecular flexibility index (Phi) is 6.31. The van der Waals surface area contributed by atoms with Gasteiger partial charge in [-0.05, 0) is 46.9 Å². The van der Waals surface area contributed by atoms with Crippen molar-refractivity contribution < 1.29 is 4.57 Å². The predicted molar refractivity (Wildman–Crippen MR) is 124 cm³/mol. The van der Waals surface area contributed by atoms with Crippen molar-refractivity contribution in [2.45, 2.75) is 79.1 Å². The number of imidazole rings is 1. The van der Waals surface area contributed by atoms with Gasteiger partial charge in [0.2, 0.25) is 0 Å². The van der Waals surface area contributed by atoms with Gasteiger partial charge in [-0.15, -0.1) is 0 Å². The Morgan fingerprint density at radius 3 is 1.76 bits per heavy atom. The molecule has 2 heteroatoms. The second-order valence-corrected chi connectivity index (χ2v) is 9.41. The smallest absolute Gasteiger partial charge is 0.202 e. The number of hydrogen-bond donors (Lipinski definition) is 0. The third-order valence-corrected chi connectivity index (χ3v) is 5.83. The molecule has 3 rings (SSSR count). The highest BCUT2D eigenvalue weighted by molar-refractivity contribution is 5.49. The molecule has 0 unspecified atom stereocenters. The van der Waals surface area contributed by atoms with Crippen LogP contribution in [0.5, 0.6) is 0 Å². The SMILES string of the molecule is CC(C)c1cccc(-n2cc[n+](-c3cccc(C(C)C)c3C(C)C)c2)c1C(C)C. The molecule has 0 aliphatic heterocycles. The van der Waals surface area contributed by atoms with E-state index in [-0.39, 0.29) is 0 Å². The second kappa shape index (κ2) is 8.57. The monoisotopic (exact) mass is 389 g/mol. The molecule has 2 nitrogen and oxygen atoms in total. The van der Waals surface area contributed by atoms with E-state index in [0.717, 1.165) is 0 Å². The van der Waals surface area contributed by atoms with Gasteiger partial charge in [-0.25, -0.2) is 9.13 Å². The van der Waals surface area contributed by atoms with Gasteiger partial charge in [-0.2, -0.15) is 0 Å². The normalized spacial score (nSPS) is 12.0. The summed E-state index contributed by atoms with van der Waals surface area (Å²) < 4.78 is 4.57. The Morgan fingerprint density at radius 1 is 0.655 bits per heavy atom. The minimum atomic E-state index is 0.481. The number of aromatic nitrogens is 2. The molecular weight excluding hydrogens is 352 g/mol. The molecular formula is C27H37N2+. The van der Waals surface area contributed by atoms with E-state index in [0.29, 0.717) is 23.7 Å². The first kappa shape index (κ1) is 21.4. The first-order valence-corrected chi connectivity index (χ1v) is 11.1. The van der Waals surface area contributed by atoms with Gasteiger partial charge in [0.05, 0.1) is 0 Å². The van der Waals surface area contributed by atoms with Crippen molar-refractivity contribution in [3.8, 4) is 11.4 Å². The molecule has 29 heavy (non-hydrogen) atoms. The molecule has 0 spiro atoms. The Balaban J connectivity index is 2.15. The molecule has 3 aromatic rings. The summed E-state index contributed by atoms with van der Waals surface area (Å²) in [5.41, 5.74) is 8.37. The lowest BCUT2D eigenvalue weighted by Crippen LogP contribution is -2.30. The maximum atomic E-state index is 2.30. The van der Waals surface area contributed by atoms with Gasteiger partial charge >= 0.3 is 0 Å². The lowest BCUT2D eigenvalue weighted by atomic mass is 9.89.